The molecule has 0 spiro atoms. The predicted octanol–water partition coefficient (Wildman–Crippen LogP) is 1.46. The highest BCUT2D eigenvalue weighted by Gasteiger charge is 2.13. The Morgan fingerprint density at radius 2 is 1.90 bits per heavy atom. The van der Waals surface area contributed by atoms with E-state index in [9.17, 15) is 17.6 Å². The van der Waals surface area contributed by atoms with E-state index >= 15 is 0 Å². The first-order chi connectivity index (χ1) is 9.77. The van der Waals surface area contributed by atoms with Crippen molar-refractivity contribution in [3.8, 4) is 0 Å². The lowest BCUT2D eigenvalue weighted by atomic mass is 10.2. The molecule has 21 heavy (non-hydrogen) atoms. The first-order valence-corrected chi connectivity index (χ1v) is 7.69. The summed E-state index contributed by atoms with van der Waals surface area (Å²) in [4.78, 5) is 15.6. The van der Waals surface area contributed by atoms with Crippen LogP contribution in [0.5, 0.6) is 0 Å². The zero-order valence-corrected chi connectivity index (χ0v) is 11.8. The van der Waals surface area contributed by atoms with Gasteiger partial charge in [-0.2, -0.15) is 0 Å². The summed E-state index contributed by atoms with van der Waals surface area (Å²) >= 11 is 0. The molecule has 0 bridgehead atoms. The zero-order chi connectivity index (χ0) is 15.6. The molecule has 1 aromatic heterocycles. The normalized spacial score (nSPS) is 11.1. The van der Waals surface area contributed by atoms with Crippen LogP contribution in [-0.2, 0) is 9.84 Å². The molecular formula is C13H12FN3O3S. The molecule has 3 N–H and O–H groups in total. The maximum absolute atomic E-state index is 13.1. The van der Waals surface area contributed by atoms with E-state index < -0.39 is 21.6 Å². The van der Waals surface area contributed by atoms with E-state index in [4.69, 9.17) is 5.73 Å². The number of benzene rings is 1. The minimum atomic E-state index is -3.30. The Labute approximate surface area is 120 Å². The third-order valence-electron chi connectivity index (χ3n) is 2.67. The molecular weight excluding hydrogens is 297 g/mol. The lowest BCUT2D eigenvalue weighted by Crippen LogP contribution is -2.15. The number of pyridine rings is 1. The van der Waals surface area contributed by atoms with Crippen LogP contribution in [0.2, 0.25) is 0 Å². The summed E-state index contributed by atoms with van der Waals surface area (Å²) in [6, 6.07) is 6.55. The first-order valence-electron chi connectivity index (χ1n) is 5.80. The summed E-state index contributed by atoms with van der Waals surface area (Å²) in [6.45, 7) is 0. The summed E-state index contributed by atoms with van der Waals surface area (Å²) in [5, 5.41) is 2.48. The first kappa shape index (κ1) is 14.9. The van der Waals surface area contributed by atoms with Crippen molar-refractivity contribution in [2.75, 3.05) is 17.3 Å². The maximum atomic E-state index is 13.1. The number of halogens is 1. The molecule has 0 saturated carbocycles. The summed E-state index contributed by atoms with van der Waals surface area (Å²) in [6.07, 6.45) is 1.99. The monoisotopic (exact) mass is 309 g/mol. The van der Waals surface area contributed by atoms with Crippen LogP contribution in [-0.4, -0.2) is 25.6 Å². The van der Waals surface area contributed by atoms with Gasteiger partial charge in [0.05, 0.1) is 16.7 Å². The van der Waals surface area contributed by atoms with Crippen LogP contribution in [0.1, 0.15) is 10.4 Å². The molecule has 0 aliphatic rings. The molecule has 0 atom stereocenters. The molecule has 6 nitrogen and oxygen atoms in total. The van der Waals surface area contributed by atoms with Crippen molar-refractivity contribution in [1.29, 1.82) is 0 Å². The van der Waals surface area contributed by atoms with Gasteiger partial charge in [-0.15, -0.1) is 0 Å². The second kappa shape index (κ2) is 5.49. The highest BCUT2D eigenvalue weighted by molar-refractivity contribution is 7.90. The minimum absolute atomic E-state index is 0.0952. The molecule has 1 amide bonds. The Balaban J connectivity index is 2.22. The fraction of sp³-hybridized carbons (Fsp3) is 0.0769. The van der Waals surface area contributed by atoms with Gasteiger partial charge in [-0.3, -0.25) is 4.79 Å². The molecule has 1 heterocycles. The lowest BCUT2D eigenvalue weighted by molar-refractivity contribution is 0.102. The largest absolute Gasteiger partial charge is 0.383 e. The third kappa shape index (κ3) is 3.54. The maximum Gasteiger partial charge on any atom is 0.259 e. The van der Waals surface area contributed by atoms with Gasteiger partial charge in [0.1, 0.15) is 11.6 Å². The van der Waals surface area contributed by atoms with Crippen LogP contribution in [0.25, 0.3) is 0 Å². The average Bonchev–Trinajstić information content (AvgIpc) is 2.41. The fourth-order valence-corrected chi connectivity index (χ4v) is 2.25. The second-order valence-electron chi connectivity index (χ2n) is 4.34. The number of hydrogen-bond acceptors (Lipinski definition) is 5. The van der Waals surface area contributed by atoms with Gasteiger partial charge in [-0.25, -0.2) is 17.8 Å². The molecule has 0 fully saturated rings. The van der Waals surface area contributed by atoms with Crippen LogP contribution in [0.4, 0.5) is 15.9 Å². The van der Waals surface area contributed by atoms with Crippen molar-refractivity contribution in [3.05, 3.63) is 47.9 Å². The van der Waals surface area contributed by atoms with Crippen LogP contribution >= 0.6 is 0 Å². The van der Waals surface area contributed by atoms with Gasteiger partial charge in [0.25, 0.3) is 5.91 Å². The number of sulfone groups is 1. The topological polar surface area (TPSA) is 102 Å². The van der Waals surface area contributed by atoms with Gasteiger partial charge in [-0.05, 0) is 30.3 Å². The lowest BCUT2D eigenvalue weighted by Gasteiger charge is -2.07. The van der Waals surface area contributed by atoms with Crippen LogP contribution in [0.3, 0.4) is 0 Å². The summed E-state index contributed by atoms with van der Waals surface area (Å²) in [7, 11) is -3.30. The minimum Gasteiger partial charge on any atom is -0.383 e. The van der Waals surface area contributed by atoms with E-state index in [1.165, 1.54) is 24.3 Å². The SMILES string of the molecule is CS(=O)(=O)c1ccc(NC(=O)c2cc(F)cnc2N)cc1. The summed E-state index contributed by atoms with van der Waals surface area (Å²) < 4.78 is 35.7. The van der Waals surface area contributed by atoms with Crippen molar-refractivity contribution in [3.63, 3.8) is 0 Å². The van der Waals surface area contributed by atoms with Gasteiger partial charge in [0.15, 0.2) is 9.84 Å². The number of rotatable bonds is 3. The Morgan fingerprint density at radius 3 is 2.48 bits per heavy atom. The Bertz CT molecular complexity index is 789. The van der Waals surface area contributed by atoms with Gasteiger partial charge in [-0.1, -0.05) is 0 Å². The number of nitrogens with two attached hydrogens (primary N) is 1. The molecule has 1 aromatic carbocycles. The average molecular weight is 309 g/mol. The van der Waals surface area contributed by atoms with E-state index in [0.29, 0.717) is 5.69 Å². The van der Waals surface area contributed by atoms with E-state index in [2.05, 4.69) is 10.3 Å². The highest BCUT2D eigenvalue weighted by atomic mass is 32.2. The van der Waals surface area contributed by atoms with E-state index in [-0.39, 0.29) is 16.3 Å². The number of anilines is 2. The van der Waals surface area contributed by atoms with Crippen molar-refractivity contribution < 1.29 is 17.6 Å². The number of carbonyl (C=O) groups excluding carboxylic acids is 1. The van der Waals surface area contributed by atoms with Crippen LogP contribution in [0.15, 0.2) is 41.4 Å². The van der Waals surface area contributed by atoms with Crippen molar-refractivity contribution >= 4 is 27.2 Å². The summed E-state index contributed by atoms with van der Waals surface area (Å²) in [5.41, 5.74) is 5.77. The number of aromatic nitrogens is 1. The van der Waals surface area contributed by atoms with E-state index in [1.54, 1.807) is 0 Å². The Morgan fingerprint density at radius 1 is 1.29 bits per heavy atom. The summed E-state index contributed by atoms with van der Waals surface area (Å²) in [5.74, 6) is -1.41. The van der Waals surface area contributed by atoms with Crippen molar-refractivity contribution in [2.45, 2.75) is 4.90 Å². The molecule has 110 valence electrons. The predicted molar refractivity (Wildman–Crippen MR) is 76.1 cm³/mol. The Hall–Kier alpha value is -2.48. The van der Waals surface area contributed by atoms with Gasteiger partial charge in [0, 0.05) is 11.9 Å². The quantitative estimate of drug-likeness (QED) is 0.893. The van der Waals surface area contributed by atoms with Gasteiger partial charge < -0.3 is 11.1 Å². The number of hydrogen-bond donors (Lipinski definition) is 2. The molecule has 0 saturated heterocycles. The number of nitrogens with one attached hydrogen (secondary N) is 1. The highest BCUT2D eigenvalue weighted by Crippen LogP contribution is 2.16. The molecule has 8 heteroatoms. The van der Waals surface area contributed by atoms with Gasteiger partial charge in [0.2, 0.25) is 0 Å². The third-order valence-corrected chi connectivity index (χ3v) is 3.80. The van der Waals surface area contributed by atoms with Gasteiger partial charge >= 0.3 is 0 Å². The van der Waals surface area contributed by atoms with E-state index in [0.717, 1.165) is 18.5 Å². The molecule has 2 aromatic rings. The molecule has 0 radical (unpaired) electrons. The number of amides is 1. The smallest absolute Gasteiger partial charge is 0.259 e. The Kier molecular flexibility index (Phi) is 3.90. The number of carbonyl (C=O) groups is 1. The molecule has 2 rings (SSSR count). The molecule has 0 aliphatic heterocycles. The van der Waals surface area contributed by atoms with Crippen molar-refractivity contribution in [2.24, 2.45) is 0 Å². The van der Waals surface area contributed by atoms with E-state index in [1.807, 2.05) is 0 Å². The molecule has 0 aliphatic carbocycles. The number of nitrogen functional groups attached to an aromatic ring is 1. The fourth-order valence-electron chi connectivity index (χ4n) is 1.62. The zero-order valence-electron chi connectivity index (χ0n) is 11.0. The standard InChI is InChI=1S/C13H12FN3O3S/c1-21(19,20)10-4-2-9(3-5-10)17-13(18)11-6-8(14)7-16-12(11)15/h2-7H,1H3,(H2,15,16)(H,17,18). The van der Waals surface area contributed by atoms with Crippen molar-refractivity contribution in [1.82, 2.24) is 4.98 Å². The number of nitrogens with zero attached hydrogens (tertiary/aromatic N) is 1. The van der Waals surface area contributed by atoms with Crippen LogP contribution < -0.4 is 11.1 Å². The molecule has 0 unspecified atom stereocenters. The second-order valence-corrected chi connectivity index (χ2v) is 6.35. The van der Waals surface area contributed by atoms with Crippen LogP contribution in [0, 0.1) is 5.82 Å².